The summed E-state index contributed by atoms with van der Waals surface area (Å²) in [5.41, 5.74) is 0.772. The van der Waals surface area contributed by atoms with Crippen LogP contribution < -0.4 is 0 Å². The second kappa shape index (κ2) is 6.37. The lowest BCUT2D eigenvalue weighted by molar-refractivity contribution is -0.000515. The molecule has 1 aliphatic heterocycles. The third-order valence-electron chi connectivity index (χ3n) is 3.63. The molecule has 0 aliphatic carbocycles. The molecule has 0 spiro atoms. The molecule has 0 saturated carbocycles. The van der Waals surface area contributed by atoms with Crippen molar-refractivity contribution < 1.29 is 19.5 Å². The van der Waals surface area contributed by atoms with Gasteiger partial charge in [-0.15, -0.1) is 0 Å². The van der Waals surface area contributed by atoms with Crippen LogP contribution in [0.25, 0.3) is 0 Å². The molecule has 1 aromatic rings. The number of nitrogens with zero attached hydrogens (tertiary/aromatic N) is 2. The topological polar surface area (TPSA) is 86.8 Å². The van der Waals surface area contributed by atoms with Crippen molar-refractivity contribution in [2.75, 3.05) is 19.7 Å². The van der Waals surface area contributed by atoms with Crippen LogP contribution in [0.3, 0.4) is 0 Å². The zero-order valence-electron chi connectivity index (χ0n) is 12.0. The van der Waals surface area contributed by atoms with Gasteiger partial charge >= 0.3 is 0 Å². The summed E-state index contributed by atoms with van der Waals surface area (Å²) in [4.78, 5) is 13.8. The van der Waals surface area contributed by atoms with Crippen molar-refractivity contribution in [3.05, 3.63) is 17.5 Å². The van der Waals surface area contributed by atoms with Crippen molar-refractivity contribution in [1.82, 2.24) is 10.1 Å². The Labute approximate surface area is 118 Å². The number of hydrogen-bond donors (Lipinski definition) is 2. The summed E-state index contributed by atoms with van der Waals surface area (Å²) in [6, 6.07) is 1.67. The number of aliphatic hydroxyl groups is 2. The van der Waals surface area contributed by atoms with Crippen LogP contribution in [-0.2, 0) is 6.42 Å². The van der Waals surface area contributed by atoms with E-state index >= 15 is 0 Å². The zero-order valence-corrected chi connectivity index (χ0v) is 12.0. The molecule has 6 heteroatoms. The minimum atomic E-state index is -0.684. The van der Waals surface area contributed by atoms with Crippen LogP contribution in [0.1, 0.15) is 36.5 Å². The number of carbonyl (C=O) groups excluding carboxylic acids is 1. The van der Waals surface area contributed by atoms with Crippen LogP contribution in [0.15, 0.2) is 10.6 Å². The molecule has 1 aliphatic rings. The first-order valence-corrected chi connectivity index (χ1v) is 7.05. The fourth-order valence-electron chi connectivity index (χ4n) is 2.46. The summed E-state index contributed by atoms with van der Waals surface area (Å²) >= 11 is 0. The number of piperidine rings is 1. The first-order valence-electron chi connectivity index (χ1n) is 7.05. The van der Waals surface area contributed by atoms with Gasteiger partial charge in [0.25, 0.3) is 5.91 Å². The molecule has 1 amide bonds. The van der Waals surface area contributed by atoms with E-state index in [4.69, 9.17) is 9.63 Å². The second-order valence-electron chi connectivity index (χ2n) is 5.83. The summed E-state index contributed by atoms with van der Waals surface area (Å²) in [5, 5.41) is 22.9. The molecule has 0 radical (unpaired) electrons. The first kappa shape index (κ1) is 15.0. The highest BCUT2D eigenvalue weighted by molar-refractivity contribution is 5.91. The summed E-state index contributed by atoms with van der Waals surface area (Å²) in [7, 11) is 0. The third-order valence-corrected chi connectivity index (χ3v) is 3.63. The molecular formula is C14H22N2O4. The summed E-state index contributed by atoms with van der Waals surface area (Å²) < 4.78 is 5.10. The Morgan fingerprint density at radius 1 is 1.60 bits per heavy atom. The van der Waals surface area contributed by atoms with Gasteiger partial charge in [0.05, 0.1) is 11.8 Å². The van der Waals surface area contributed by atoms with Gasteiger partial charge in [-0.3, -0.25) is 4.79 Å². The Hall–Kier alpha value is -1.40. The molecule has 0 unspecified atom stereocenters. The maximum absolute atomic E-state index is 12.3. The van der Waals surface area contributed by atoms with Crippen molar-refractivity contribution in [2.45, 2.75) is 32.8 Å². The Kier molecular flexibility index (Phi) is 4.77. The van der Waals surface area contributed by atoms with Gasteiger partial charge in [0.15, 0.2) is 0 Å². The van der Waals surface area contributed by atoms with Gasteiger partial charge in [0.2, 0.25) is 5.76 Å². The number of β-amino-alcohol motifs (C(OH)–C–C–N with tert-alkyl or cyclic N) is 1. The molecule has 2 rings (SSSR count). The molecule has 1 saturated heterocycles. The van der Waals surface area contributed by atoms with Crippen molar-refractivity contribution in [3.8, 4) is 0 Å². The highest BCUT2D eigenvalue weighted by Crippen LogP contribution is 2.20. The Morgan fingerprint density at radius 2 is 2.35 bits per heavy atom. The maximum atomic E-state index is 12.3. The smallest absolute Gasteiger partial charge is 0.292 e. The molecule has 20 heavy (non-hydrogen) atoms. The number of likely N-dealkylation sites (tertiary alicyclic amines) is 1. The number of aromatic nitrogens is 1. The van der Waals surface area contributed by atoms with Gasteiger partial charge in [0.1, 0.15) is 0 Å². The fraction of sp³-hybridized carbons (Fsp3) is 0.714. The predicted molar refractivity (Wildman–Crippen MR) is 72.1 cm³/mol. The highest BCUT2D eigenvalue weighted by atomic mass is 16.5. The van der Waals surface area contributed by atoms with E-state index in [1.165, 1.54) is 0 Å². The van der Waals surface area contributed by atoms with Gasteiger partial charge in [-0.05, 0) is 18.8 Å². The number of carbonyl (C=O) groups is 1. The van der Waals surface area contributed by atoms with Crippen LogP contribution >= 0.6 is 0 Å². The largest absolute Gasteiger partial charge is 0.396 e. The Balaban J connectivity index is 1.99. The molecule has 1 aromatic heterocycles. The third kappa shape index (κ3) is 3.37. The quantitative estimate of drug-likeness (QED) is 0.848. The molecule has 6 nitrogen and oxygen atoms in total. The van der Waals surface area contributed by atoms with Crippen LogP contribution in [0.5, 0.6) is 0 Å². The number of hydrogen-bond acceptors (Lipinski definition) is 5. The molecule has 1 fully saturated rings. The van der Waals surface area contributed by atoms with E-state index in [0.717, 1.165) is 12.1 Å². The van der Waals surface area contributed by atoms with E-state index in [1.807, 2.05) is 0 Å². The van der Waals surface area contributed by atoms with Crippen LogP contribution in [0, 0.1) is 11.8 Å². The molecule has 2 atom stereocenters. The maximum Gasteiger partial charge on any atom is 0.292 e. The van der Waals surface area contributed by atoms with Crippen molar-refractivity contribution in [2.24, 2.45) is 11.8 Å². The normalized spacial score (nSPS) is 23.4. The van der Waals surface area contributed by atoms with E-state index in [9.17, 15) is 9.90 Å². The summed E-state index contributed by atoms with van der Waals surface area (Å²) in [6.45, 7) is 4.84. The van der Waals surface area contributed by atoms with Gasteiger partial charge in [0, 0.05) is 31.7 Å². The fourth-order valence-corrected chi connectivity index (χ4v) is 2.46. The van der Waals surface area contributed by atoms with E-state index in [0.29, 0.717) is 18.9 Å². The van der Waals surface area contributed by atoms with Crippen LogP contribution in [-0.4, -0.2) is 52.0 Å². The molecule has 2 heterocycles. The summed E-state index contributed by atoms with van der Waals surface area (Å²) in [6.07, 6.45) is 0.679. The van der Waals surface area contributed by atoms with Gasteiger partial charge in [-0.1, -0.05) is 19.0 Å². The Morgan fingerprint density at radius 3 is 2.95 bits per heavy atom. The van der Waals surface area contributed by atoms with Gasteiger partial charge < -0.3 is 19.6 Å². The van der Waals surface area contributed by atoms with Crippen molar-refractivity contribution in [1.29, 1.82) is 0 Å². The Bertz CT molecular complexity index is 458. The monoisotopic (exact) mass is 282 g/mol. The highest BCUT2D eigenvalue weighted by Gasteiger charge is 2.31. The number of rotatable bonds is 4. The van der Waals surface area contributed by atoms with E-state index in [1.54, 1.807) is 11.0 Å². The average Bonchev–Trinajstić information content (AvgIpc) is 2.85. The van der Waals surface area contributed by atoms with E-state index in [-0.39, 0.29) is 30.7 Å². The predicted octanol–water partition coefficient (Wildman–Crippen LogP) is 0.688. The minimum Gasteiger partial charge on any atom is -0.396 e. The number of amides is 1. The first-order chi connectivity index (χ1) is 9.51. The summed E-state index contributed by atoms with van der Waals surface area (Å²) in [5.74, 6) is 0.272. The van der Waals surface area contributed by atoms with Gasteiger partial charge in [-0.2, -0.15) is 0 Å². The lowest BCUT2D eigenvalue weighted by Gasteiger charge is -2.34. The minimum absolute atomic E-state index is 0.0515. The number of aliphatic hydroxyl groups excluding tert-OH is 2. The van der Waals surface area contributed by atoms with Crippen molar-refractivity contribution in [3.63, 3.8) is 0 Å². The molecule has 112 valence electrons. The standard InChI is InChI=1S/C14H22N2O4/c1-9(2)5-11-6-13(20-15-11)14(19)16-4-3-10(8-17)12(18)7-16/h6,9-10,12,17-18H,3-5,7-8H2,1-2H3/t10-,12-/m1/s1. The molecule has 0 bridgehead atoms. The SMILES string of the molecule is CC(C)Cc1cc(C(=O)N2CC[C@H](CO)[C@H](O)C2)on1. The van der Waals surface area contributed by atoms with Crippen molar-refractivity contribution >= 4 is 5.91 Å². The average molecular weight is 282 g/mol. The molecular weight excluding hydrogens is 260 g/mol. The lowest BCUT2D eigenvalue weighted by atomic mass is 9.94. The second-order valence-corrected chi connectivity index (χ2v) is 5.83. The van der Waals surface area contributed by atoms with Gasteiger partial charge in [-0.25, -0.2) is 0 Å². The zero-order chi connectivity index (χ0) is 14.7. The van der Waals surface area contributed by atoms with E-state index < -0.39 is 6.10 Å². The molecule has 0 aromatic carbocycles. The van der Waals surface area contributed by atoms with Crippen LogP contribution in [0.2, 0.25) is 0 Å². The van der Waals surface area contributed by atoms with E-state index in [2.05, 4.69) is 19.0 Å². The van der Waals surface area contributed by atoms with Crippen LogP contribution in [0.4, 0.5) is 0 Å². The lowest BCUT2D eigenvalue weighted by Crippen LogP contribution is -2.47. The molecule has 2 N–H and O–H groups in total.